The Kier molecular flexibility index (Phi) is 3.41. The maximum Gasteiger partial charge on any atom is 0.119 e. The number of methoxy groups -OCH3 is 1. The Morgan fingerprint density at radius 1 is 1.11 bits per heavy atom. The van der Waals surface area contributed by atoms with Crippen LogP contribution < -0.4 is 9.64 Å². The van der Waals surface area contributed by atoms with Crippen molar-refractivity contribution in [2.45, 2.75) is 19.4 Å². The van der Waals surface area contributed by atoms with Gasteiger partial charge in [-0.1, -0.05) is 30.3 Å². The molecule has 2 aromatic rings. The Morgan fingerprint density at radius 2 is 1.95 bits per heavy atom. The highest BCUT2D eigenvalue weighted by Crippen LogP contribution is 2.31. The molecule has 0 atom stereocenters. The van der Waals surface area contributed by atoms with Crippen LogP contribution in [-0.4, -0.2) is 13.7 Å². The van der Waals surface area contributed by atoms with E-state index in [1.165, 1.54) is 23.2 Å². The Labute approximate surface area is 114 Å². The highest BCUT2D eigenvalue weighted by atomic mass is 16.5. The number of nitrogens with zero attached hydrogens (tertiary/aromatic N) is 1. The molecule has 0 radical (unpaired) electrons. The summed E-state index contributed by atoms with van der Waals surface area (Å²) in [7, 11) is 1.73. The zero-order valence-electron chi connectivity index (χ0n) is 11.3. The molecule has 98 valence electrons. The number of ether oxygens (including phenoxy) is 1. The second-order valence-corrected chi connectivity index (χ2v) is 5.01. The number of hydrogen-bond donors (Lipinski definition) is 0. The Morgan fingerprint density at radius 3 is 2.74 bits per heavy atom. The first-order valence-electron chi connectivity index (χ1n) is 6.82. The van der Waals surface area contributed by atoms with Crippen LogP contribution in [0.15, 0.2) is 48.5 Å². The third-order valence-corrected chi connectivity index (χ3v) is 3.72. The number of fused-ring (bicyclic) bond motifs is 1. The van der Waals surface area contributed by atoms with Crippen molar-refractivity contribution >= 4 is 5.69 Å². The van der Waals surface area contributed by atoms with E-state index >= 15 is 0 Å². The monoisotopic (exact) mass is 253 g/mol. The Balaban J connectivity index is 1.86. The van der Waals surface area contributed by atoms with Gasteiger partial charge in [0.1, 0.15) is 5.75 Å². The number of hydrogen-bond acceptors (Lipinski definition) is 2. The number of anilines is 1. The van der Waals surface area contributed by atoms with Gasteiger partial charge < -0.3 is 9.64 Å². The van der Waals surface area contributed by atoms with Crippen LogP contribution in [0.2, 0.25) is 0 Å². The summed E-state index contributed by atoms with van der Waals surface area (Å²) in [5, 5.41) is 0. The largest absolute Gasteiger partial charge is 0.497 e. The van der Waals surface area contributed by atoms with E-state index in [1.54, 1.807) is 7.11 Å². The second kappa shape index (κ2) is 5.35. The van der Waals surface area contributed by atoms with E-state index in [0.717, 1.165) is 25.3 Å². The molecule has 0 saturated heterocycles. The first-order chi connectivity index (χ1) is 9.36. The normalized spacial score (nSPS) is 14.1. The molecule has 0 N–H and O–H groups in total. The van der Waals surface area contributed by atoms with Crippen LogP contribution in [0.3, 0.4) is 0 Å². The number of benzene rings is 2. The summed E-state index contributed by atoms with van der Waals surface area (Å²) in [4.78, 5) is 2.47. The van der Waals surface area contributed by atoms with Gasteiger partial charge in [0, 0.05) is 18.8 Å². The summed E-state index contributed by atoms with van der Waals surface area (Å²) in [6.07, 6.45) is 2.37. The smallest absolute Gasteiger partial charge is 0.119 e. The molecule has 0 fully saturated rings. The fraction of sp³-hybridized carbons (Fsp3) is 0.294. The topological polar surface area (TPSA) is 12.5 Å². The molecule has 2 aromatic carbocycles. The standard InChI is InChI=1S/C17H19NO/c1-19-16-9-10-17-15(12-16)8-5-11-18(17)13-14-6-3-2-4-7-14/h2-4,6-7,9-10,12H,5,8,11,13H2,1H3. The summed E-state index contributed by atoms with van der Waals surface area (Å²) >= 11 is 0. The van der Waals surface area contributed by atoms with Crippen LogP contribution >= 0.6 is 0 Å². The summed E-state index contributed by atoms with van der Waals surface area (Å²) in [6, 6.07) is 17.1. The third-order valence-electron chi connectivity index (χ3n) is 3.72. The second-order valence-electron chi connectivity index (χ2n) is 5.01. The van der Waals surface area contributed by atoms with Gasteiger partial charge in [0.2, 0.25) is 0 Å². The molecule has 3 rings (SSSR count). The number of aryl methyl sites for hydroxylation is 1. The number of rotatable bonds is 3. The van der Waals surface area contributed by atoms with Gasteiger partial charge in [0.15, 0.2) is 0 Å². The van der Waals surface area contributed by atoms with Gasteiger partial charge in [0.25, 0.3) is 0 Å². The molecule has 0 unspecified atom stereocenters. The quantitative estimate of drug-likeness (QED) is 0.828. The van der Waals surface area contributed by atoms with Crippen molar-refractivity contribution in [3.63, 3.8) is 0 Å². The Hall–Kier alpha value is -1.96. The van der Waals surface area contributed by atoms with E-state index in [-0.39, 0.29) is 0 Å². The molecular weight excluding hydrogens is 234 g/mol. The first-order valence-corrected chi connectivity index (χ1v) is 6.82. The van der Waals surface area contributed by atoms with Crippen molar-refractivity contribution in [1.82, 2.24) is 0 Å². The minimum Gasteiger partial charge on any atom is -0.497 e. The van der Waals surface area contributed by atoms with Crippen molar-refractivity contribution in [3.8, 4) is 5.75 Å². The molecule has 0 aromatic heterocycles. The Bertz CT molecular complexity index is 550. The molecule has 1 aliphatic heterocycles. The average Bonchev–Trinajstić information content (AvgIpc) is 2.48. The molecule has 1 aliphatic rings. The molecule has 1 heterocycles. The fourth-order valence-electron chi connectivity index (χ4n) is 2.75. The van der Waals surface area contributed by atoms with Crippen molar-refractivity contribution in [1.29, 1.82) is 0 Å². The lowest BCUT2D eigenvalue weighted by atomic mass is 10.0. The van der Waals surface area contributed by atoms with Crippen molar-refractivity contribution in [3.05, 3.63) is 59.7 Å². The fourth-order valence-corrected chi connectivity index (χ4v) is 2.75. The van der Waals surface area contributed by atoms with Crippen LogP contribution in [0, 0.1) is 0 Å². The lowest BCUT2D eigenvalue weighted by Crippen LogP contribution is -2.28. The van der Waals surface area contributed by atoms with E-state index in [0.29, 0.717) is 0 Å². The molecule has 0 spiro atoms. The lowest BCUT2D eigenvalue weighted by molar-refractivity contribution is 0.414. The first kappa shape index (κ1) is 12.1. The predicted octanol–water partition coefficient (Wildman–Crippen LogP) is 3.65. The van der Waals surface area contributed by atoms with Crippen LogP contribution in [-0.2, 0) is 13.0 Å². The van der Waals surface area contributed by atoms with E-state index in [1.807, 2.05) is 0 Å². The van der Waals surface area contributed by atoms with Gasteiger partial charge in [0.05, 0.1) is 7.11 Å². The van der Waals surface area contributed by atoms with E-state index in [4.69, 9.17) is 4.74 Å². The highest BCUT2D eigenvalue weighted by molar-refractivity contribution is 5.58. The van der Waals surface area contributed by atoms with E-state index in [2.05, 4.69) is 53.4 Å². The molecule has 19 heavy (non-hydrogen) atoms. The van der Waals surface area contributed by atoms with Crippen LogP contribution in [0.4, 0.5) is 5.69 Å². The van der Waals surface area contributed by atoms with Gasteiger partial charge in [-0.2, -0.15) is 0 Å². The maximum atomic E-state index is 5.32. The van der Waals surface area contributed by atoms with Gasteiger partial charge in [-0.3, -0.25) is 0 Å². The highest BCUT2D eigenvalue weighted by Gasteiger charge is 2.17. The van der Waals surface area contributed by atoms with Crippen molar-refractivity contribution < 1.29 is 4.74 Å². The molecule has 0 aliphatic carbocycles. The van der Waals surface area contributed by atoms with Crippen molar-refractivity contribution in [2.75, 3.05) is 18.6 Å². The summed E-state index contributed by atoms with van der Waals surface area (Å²) in [6.45, 7) is 2.12. The average molecular weight is 253 g/mol. The van der Waals surface area contributed by atoms with Crippen LogP contribution in [0.25, 0.3) is 0 Å². The van der Waals surface area contributed by atoms with Crippen LogP contribution in [0.5, 0.6) is 5.75 Å². The lowest BCUT2D eigenvalue weighted by Gasteiger charge is -2.31. The minimum atomic E-state index is 0.959. The van der Waals surface area contributed by atoms with E-state index in [9.17, 15) is 0 Å². The molecular formula is C17H19NO. The summed E-state index contributed by atoms with van der Waals surface area (Å²) in [5.74, 6) is 0.959. The zero-order valence-corrected chi connectivity index (χ0v) is 11.3. The molecule has 2 nitrogen and oxygen atoms in total. The molecule has 2 heteroatoms. The molecule has 0 bridgehead atoms. The zero-order chi connectivity index (χ0) is 13.1. The van der Waals surface area contributed by atoms with Gasteiger partial charge in [-0.25, -0.2) is 0 Å². The van der Waals surface area contributed by atoms with Gasteiger partial charge in [-0.05, 0) is 42.2 Å². The van der Waals surface area contributed by atoms with Gasteiger partial charge in [-0.15, -0.1) is 0 Å². The minimum absolute atomic E-state index is 0.959. The third kappa shape index (κ3) is 2.58. The molecule has 0 saturated carbocycles. The van der Waals surface area contributed by atoms with Gasteiger partial charge >= 0.3 is 0 Å². The van der Waals surface area contributed by atoms with E-state index < -0.39 is 0 Å². The summed E-state index contributed by atoms with van der Waals surface area (Å²) < 4.78 is 5.32. The van der Waals surface area contributed by atoms with Crippen molar-refractivity contribution in [2.24, 2.45) is 0 Å². The molecule has 0 amide bonds. The SMILES string of the molecule is COc1ccc2c(c1)CCCN2Cc1ccccc1. The van der Waals surface area contributed by atoms with Crippen LogP contribution in [0.1, 0.15) is 17.5 Å². The predicted molar refractivity (Wildman–Crippen MR) is 78.8 cm³/mol. The summed E-state index contributed by atoms with van der Waals surface area (Å²) in [5.41, 5.74) is 4.13. The maximum absolute atomic E-state index is 5.32.